The van der Waals surface area contributed by atoms with Crippen LogP contribution in [-0.2, 0) is 16.6 Å². The monoisotopic (exact) mass is 294 g/mol. The smallest absolute Gasteiger partial charge is 0.331 e. The number of aromatic nitrogens is 2. The van der Waals surface area contributed by atoms with Crippen LogP contribution in [0.3, 0.4) is 0 Å². The predicted molar refractivity (Wildman–Crippen MR) is 76.6 cm³/mol. The van der Waals surface area contributed by atoms with Crippen molar-refractivity contribution in [3.8, 4) is 0 Å². The van der Waals surface area contributed by atoms with E-state index in [1.54, 1.807) is 13.2 Å². The Kier molecular flexibility index (Phi) is 4.62. The maximum atomic E-state index is 12.6. The van der Waals surface area contributed by atoms with Crippen LogP contribution < -0.4 is 10.6 Å². The summed E-state index contributed by atoms with van der Waals surface area (Å²) in [5.74, 6) is -1.25. The Hall–Kier alpha value is -1.89. The third kappa shape index (κ3) is 3.24. The summed E-state index contributed by atoms with van der Waals surface area (Å²) < 4.78 is 1.53. The van der Waals surface area contributed by atoms with Crippen LogP contribution in [0, 0.1) is 5.41 Å². The molecule has 1 aliphatic rings. The lowest BCUT2D eigenvalue weighted by Gasteiger charge is -2.36. The topological polar surface area (TPSA) is 96.2 Å². The van der Waals surface area contributed by atoms with E-state index in [-0.39, 0.29) is 5.91 Å². The highest BCUT2D eigenvalue weighted by Gasteiger charge is 2.39. The summed E-state index contributed by atoms with van der Waals surface area (Å²) in [6, 6.07) is -1.05. The summed E-state index contributed by atoms with van der Waals surface area (Å²) in [7, 11) is 1.71. The van der Waals surface area contributed by atoms with Crippen molar-refractivity contribution in [1.29, 1.82) is 0 Å². The number of carboxylic acid groups (broad SMARTS) is 1. The number of carbonyl (C=O) groups excluding carboxylic acids is 1. The van der Waals surface area contributed by atoms with Crippen molar-refractivity contribution < 1.29 is 14.7 Å². The maximum Gasteiger partial charge on any atom is 0.331 e. The van der Waals surface area contributed by atoms with E-state index >= 15 is 0 Å². The van der Waals surface area contributed by atoms with Crippen molar-refractivity contribution >= 4 is 11.9 Å². The Morgan fingerprint density at radius 1 is 1.52 bits per heavy atom. The molecule has 1 aliphatic heterocycles. The standard InChI is InChI=1S/C14H22N4O3/c1-3-14(4-6-15-7-5-14)13(21)17-11(12(19)20)10-8-16-18(2)9-10/h8-9,11,15H,3-7H2,1-2H3,(H,17,21)(H,19,20). The minimum absolute atomic E-state index is 0.178. The van der Waals surface area contributed by atoms with Crippen LogP contribution in [0.1, 0.15) is 37.8 Å². The van der Waals surface area contributed by atoms with Crippen LogP contribution in [0.4, 0.5) is 0 Å². The Bertz CT molecular complexity index is 520. The number of nitrogens with one attached hydrogen (secondary N) is 2. The van der Waals surface area contributed by atoms with Crippen LogP contribution in [-0.4, -0.2) is 39.9 Å². The summed E-state index contributed by atoms with van der Waals surface area (Å²) in [5, 5.41) is 19.3. The quantitative estimate of drug-likeness (QED) is 0.732. The minimum Gasteiger partial charge on any atom is -0.479 e. The molecule has 1 fully saturated rings. The molecule has 0 saturated carbocycles. The summed E-state index contributed by atoms with van der Waals surface area (Å²) in [6.45, 7) is 3.54. The number of carbonyl (C=O) groups is 2. The second-order valence-corrected chi connectivity index (χ2v) is 5.58. The van der Waals surface area contributed by atoms with Crippen molar-refractivity contribution in [3.63, 3.8) is 0 Å². The number of hydrogen-bond acceptors (Lipinski definition) is 4. The fourth-order valence-corrected chi connectivity index (χ4v) is 2.81. The van der Waals surface area contributed by atoms with Gasteiger partial charge in [-0.15, -0.1) is 0 Å². The van der Waals surface area contributed by atoms with Gasteiger partial charge in [-0.05, 0) is 32.4 Å². The van der Waals surface area contributed by atoms with Gasteiger partial charge in [0, 0.05) is 18.8 Å². The fraction of sp³-hybridized carbons (Fsp3) is 0.643. The molecule has 0 spiro atoms. The zero-order valence-electron chi connectivity index (χ0n) is 12.4. The molecular weight excluding hydrogens is 272 g/mol. The number of carboxylic acids is 1. The first-order chi connectivity index (χ1) is 9.98. The SMILES string of the molecule is CCC1(C(=O)NC(C(=O)O)c2cnn(C)c2)CCNCC1. The van der Waals surface area contributed by atoms with Gasteiger partial charge in [0.25, 0.3) is 0 Å². The molecule has 0 radical (unpaired) electrons. The van der Waals surface area contributed by atoms with Crippen molar-refractivity contribution in [1.82, 2.24) is 20.4 Å². The highest BCUT2D eigenvalue weighted by molar-refractivity contribution is 5.88. The lowest BCUT2D eigenvalue weighted by Crippen LogP contribution is -2.49. The number of hydrogen-bond donors (Lipinski definition) is 3. The van der Waals surface area contributed by atoms with Gasteiger partial charge < -0.3 is 15.7 Å². The lowest BCUT2D eigenvalue weighted by atomic mass is 9.75. The predicted octanol–water partition coefficient (Wildman–Crippen LogP) is 0.442. The Morgan fingerprint density at radius 3 is 2.67 bits per heavy atom. The number of piperidine rings is 1. The summed E-state index contributed by atoms with van der Waals surface area (Å²) in [6.07, 6.45) is 5.25. The van der Waals surface area contributed by atoms with Gasteiger partial charge in [0.2, 0.25) is 5.91 Å². The first-order valence-electron chi connectivity index (χ1n) is 7.21. The van der Waals surface area contributed by atoms with Crippen molar-refractivity contribution in [2.24, 2.45) is 12.5 Å². The summed E-state index contributed by atoms with van der Waals surface area (Å²) in [4.78, 5) is 24.1. The first kappa shape index (κ1) is 15.5. The average Bonchev–Trinajstić information content (AvgIpc) is 2.91. The molecule has 1 aromatic heterocycles. The molecule has 7 heteroatoms. The molecule has 3 N–H and O–H groups in total. The minimum atomic E-state index is -1.07. The van der Waals surface area contributed by atoms with Crippen molar-refractivity contribution in [2.45, 2.75) is 32.2 Å². The van der Waals surface area contributed by atoms with E-state index in [1.165, 1.54) is 10.9 Å². The molecule has 1 unspecified atom stereocenters. The molecule has 1 saturated heterocycles. The van der Waals surface area contributed by atoms with E-state index in [0.29, 0.717) is 12.0 Å². The highest BCUT2D eigenvalue weighted by Crippen LogP contribution is 2.33. The molecule has 1 amide bonds. The van der Waals surface area contributed by atoms with Crippen LogP contribution >= 0.6 is 0 Å². The van der Waals surface area contributed by atoms with E-state index < -0.39 is 17.4 Å². The van der Waals surface area contributed by atoms with Crippen LogP contribution in [0.25, 0.3) is 0 Å². The number of nitrogens with zero attached hydrogens (tertiary/aromatic N) is 2. The second kappa shape index (κ2) is 6.26. The molecule has 7 nitrogen and oxygen atoms in total. The van der Waals surface area contributed by atoms with E-state index in [2.05, 4.69) is 15.7 Å². The molecular formula is C14H22N4O3. The number of amides is 1. The molecule has 0 aromatic carbocycles. The van der Waals surface area contributed by atoms with Gasteiger partial charge in [-0.2, -0.15) is 5.10 Å². The third-order valence-corrected chi connectivity index (χ3v) is 4.30. The second-order valence-electron chi connectivity index (χ2n) is 5.58. The molecule has 0 bridgehead atoms. The lowest BCUT2D eigenvalue weighted by molar-refractivity contribution is -0.144. The highest BCUT2D eigenvalue weighted by atomic mass is 16.4. The summed E-state index contributed by atoms with van der Waals surface area (Å²) >= 11 is 0. The first-order valence-corrected chi connectivity index (χ1v) is 7.21. The van der Waals surface area contributed by atoms with Gasteiger partial charge in [-0.1, -0.05) is 6.92 Å². The largest absolute Gasteiger partial charge is 0.479 e. The zero-order valence-corrected chi connectivity index (χ0v) is 12.4. The number of aryl methyl sites for hydroxylation is 1. The number of aliphatic carboxylic acids is 1. The molecule has 1 aromatic rings. The van der Waals surface area contributed by atoms with Crippen molar-refractivity contribution in [2.75, 3.05) is 13.1 Å². The molecule has 2 heterocycles. The Morgan fingerprint density at radius 2 is 2.19 bits per heavy atom. The van der Waals surface area contributed by atoms with Gasteiger partial charge in [-0.25, -0.2) is 4.79 Å². The van der Waals surface area contributed by atoms with Gasteiger partial charge in [0.05, 0.1) is 11.6 Å². The van der Waals surface area contributed by atoms with E-state index in [0.717, 1.165) is 25.9 Å². The normalized spacial score (nSPS) is 19.0. The molecule has 116 valence electrons. The number of rotatable bonds is 5. The Labute approximate surface area is 123 Å². The molecule has 0 aliphatic carbocycles. The van der Waals surface area contributed by atoms with Crippen molar-refractivity contribution in [3.05, 3.63) is 18.0 Å². The zero-order chi connectivity index (χ0) is 15.5. The van der Waals surface area contributed by atoms with Gasteiger partial charge >= 0.3 is 5.97 Å². The van der Waals surface area contributed by atoms with E-state index in [1.807, 2.05) is 6.92 Å². The average molecular weight is 294 g/mol. The molecule has 21 heavy (non-hydrogen) atoms. The van der Waals surface area contributed by atoms with Gasteiger partial charge in [-0.3, -0.25) is 9.48 Å². The fourth-order valence-electron chi connectivity index (χ4n) is 2.81. The van der Waals surface area contributed by atoms with E-state index in [9.17, 15) is 14.7 Å². The van der Waals surface area contributed by atoms with E-state index in [4.69, 9.17) is 0 Å². The van der Waals surface area contributed by atoms with Crippen LogP contribution in [0.5, 0.6) is 0 Å². The summed E-state index contributed by atoms with van der Waals surface area (Å²) in [5.41, 5.74) is 0.0137. The third-order valence-electron chi connectivity index (χ3n) is 4.30. The van der Waals surface area contributed by atoms with Crippen LogP contribution in [0.15, 0.2) is 12.4 Å². The van der Waals surface area contributed by atoms with Gasteiger partial charge in [0.15, 0.2) is 6.04 Å². The molecule has 2 rings (SSSR count). The molecule has 1 atom stereocenters. The Balaban J connectivity index is 2.16. The van der Waals surface area contributed by atoms with Crippen LogP contribution in [0.2, 0.25) is 0 Å². The van der Waals surface area contributed by atoms with Gasteiger partial charge in [0.1, 0.15) is 0 Å². The maximum absolute atomic E-state index is 12.6.